The molecule has 8 heteroatoms. The monoisotopic (exact) mass is 530 g/mol. The zero-order valence-corrected chi connectivity index (χ0v) is 25.7. The topological polar surface area (TPSA) is 84.9 Å². The van der Waals surface area contributed by atoms with Gasteiger partial charge in [0.05, 0.1) is 18.1 Å². The van der Waals surface area contributed by atoms with E-state index >= 15 is 0 Å². The molecule has 7 nitrogen and oxygen atoms in total. The molecule has 1 fully saturated rings. The van der Waals surface area contributed by atoms with Gasteiger partial charge in [-0.1, -0.05) is 60.5 Å². The van der Waals surface area contributed by atoms with Crippen molar-refractivity contribution in [2.24, 2.45) is 0 Å². The fourth-order valence-corrected chi connectivity index (χ4v) is 5.20. The molecule has 0 unspecified atom stereocenters. The Labute approximate surface area is 222 Å². The Balaban J connectivity index is 0. The van der Waals surface area contributed by atoms with E-state index in [4.69, 9.17) is 9.47 Å². The molecule has 1 N–H and O–H groups in total. The molecular weight excluding hydrogens is 476 g/mol. The molecule has 212 valence electrons. The molecular formula is C28H54N2O5S. The van der Waals surface area contributed by atoms with Crippen LogP contribution in [0, 0.1) is 6.92 Å². The third-order valence-electron chi connectivity index (χ3n) is 5.07. The van der Waals surface area contributed by atoms with Crippen LogP contribution in [0.15, 0.2) is 23.1 Å². The Morgan fingerprint density at radius 3 is 2.03 bits per heavy atom. The summed E-state index contributed by atoms with van der Waals surface area (Å²) in [4.78, 5) is 11.5. The predicted molar refractivity (Wildman–Crippen MR) is 151 cm³/mol. The standard InChI is InChI=1S/C20H32N2O5S.2C3H8.C2H6/c1-15-18(26-5)7-6-8-19(15)28(24,25)22-12-9-17(10-13-22)27-14-11-20(3,4)21-16(2)23;2*1-3-2;1-2/h6-8,17H,9-14H2,1-5H3,(H,21,23);2*3H2,1-2H3;1-2H3. The van der Waals surface area contributed by atoms with Crippen molar-refractivity contribution >= 4 is 15.9 Å². The Bertz CT molecular complexity index is 815. The molecule has 2 rings (SSSR count). The largest absolute Gasteiger partial charge is 0.496 e. The molecule has 1 aromatic rings. The third kappa shape index (κ3) is 13.6. The quantitative estimate of drug-likeness (QED) is 0.424. The van der Waals surface area contributed by atoms with Crippen molar-refractivity contribution in [2.75, 3.05) is 26.8 Å². The first-order valence-electron chi connectivity index (χ1n) is 13.4. The number of nitrogens with zero attached hydrogens (tertiary/aromatic N) is 1. The number of methoxy groups -OCH3 is 1. The Morgan fingerprint density at radius 2 is 1.58 bits per heavy atom. The van der Waals surface area contributed by atoms with Crippen molar-refractivity contribution in [3.63, 3.8) is 0 Å². The summed E-state index contributed by atoms with van der Waals surface area (Å²) in [6.07, 6.45) is 4.55. The minimum atomic E-state index is -3.56. The number of hydrogen-bond acceptors (Lipinski definition) is 5. The van der Waals surface area contributed by atoms with Gasteiger partial charge >= 0.3 is 0 Å². The zero-order valence-electron chi connectivity index (χ0n) is 24.9. The van der Waals surface area contributed by atoms with Crippen LogP contribution in [-0.2, 0) is 19.6 Å². The van der Waals surface area contributed by atoms with Crippen LogP contribution in [0.5, 0.6) is 5.75 Å². The molecule has 0 spiro atoms. The normalized spacial score (nSPS) is 14.2. The fraction of sp³-hybridized carbons (Fsp3) is 0.750. The van der Waals surface area contributed by atoms with E-state index in [1.165, 1.54) is 31.2 Å². The number of carbonyl (C=O) groups excluding carboxylic acids is 1. The van der Waals surface area contributed by atoms with Gasteiger partial charge in [-0.25, -0.2) is 8.42 Å². The number of carbonyl (C=O) groups is 1. The summed E-state index contributed by atoms with van der Waals surface area (Å²) in [6.45, 7) is 21.1. The predicted octanol–water partition coefficient (Wildman–Crippen LogP) is 6.34. The highest BCUT2D eigenvalue weighted by Gasteiger charge is 2.31. The molecule has 36 heavy (non-hydrogen) atoms. The van der Waals surface area contributed by atoms with Gasteiger partial charge in [0.25, 0.3) is 0 Å². The highest BCUT2D eigenvalue weighted by Crippen LogP contribution is 2.29. The maximum atomic E-state index is 13.0. The molecule has 1 aliphatic heterocycles. The van der Waals surface area contributed by atoms with Crippen LogP contribution in [0.3, 0.4) is 0 Å². The van der Waals surface area contributed by atoms with Crippen molar-refractivity contribution in [3.05, 3.63) is 23.8 Å². The average molecular weight is 531 g/mol. The number of amides is 1. The Morgan fingerprint density at radius 1 is 1.08 bits per heavy atom. The summed E-state index contributed by atoms with van der Waals surface area (Å²) in [6, 6.07) is 5.09. The number of sulfonamides is 1. The van der Waals surface area contributed by atoms with Crippen LogP contribution in [0.2, 0.25) is 0 Å². The van der Waals surface area contributed by atoms with Crippen LogP contribution in [-0.4, -0.2) is 57.1 Å². The van der Waals surface area contributed by atoms with Crippen molar-refractivity contribution in [1.29, 1.82) is 0 Å². The van der Waals surface area contributed by atoms with E-state index in [1.54, 1.807) is 25.1 Å². The second kappa shape index (κ2) is 19.5. The molecule has 0 radical (unpaired) electrons. The first-order valence-corrected chi connectivity index (χ1v) is 14.9. The zero-order chi connectivity index (χ0) is 28.4. The van der Waals surface area contributed by atoms with Crippen LogP contribution in [0.4, 0.5) is 0 Å². The van der Waals surface area contributed by atoms with E-state index in [1.807, 2.05) is 27.7 Å². The van der Waals surface area contributed by atoms with Gasteiger partial charge in [-0.3, -0.25) is 4.79 Å². The molecule has 1 amide bonds. The Kier molecular flexibility index (Phi) is 19.7. The van der Waals surface area contributed by atoms with E-state index in [2.05, 4.69) is 33.0 Å². The van der Waals surface area contributed by atoms with Crippen LogP contribution in [0.1, 0.15) is 100.0 Å². The summed E-state index contributed by atoms with van der Waals surface area (Å²) >= 11 is 0. The Hall–Kier alpha value is -1.64. The van der Waals surface area contributed by atoms with Gasteiger partial charge in [0, 0.05) is 37.7 Å². The summed E-state index contributed by atoms with van der Waals surface area (Å²) in [5.41, 5.74) is 0.309. The van der Waals surface area contributed by atoms with Gasteiger partial charge in [0.2, 0.25) is 15.9 Å². The van der Waals surface area contributed by atoms with E-state index < -0.39 is 10.0 Å². The molecule has 0 aromatic heterocycles. The second-order valence-corrected chi connectivity index (χ2v) is 11.2. The molecule has 1 aromatic carbocycles. The van der Waals surface area contributed by atoms with Crippen LogP contribution >= 0.6 is 0 Å². The lowest BCUT2D eigenvalue weighted by Gasteiger charge is -2.32. The van der Waals surface area contributed by atoms with Gasteiger partial charge < -0.3 is 14.8 Å². The minimum Gasteiger partial charge on any atom is -0.496 e. The lowest BCUT2D eigenvalue weighted by Crippen LogP contribution is -2.44. The lowest BCUT2D eigenvalue weighted by atomic mass is 10.0. The SMILES string of the molecule is CC.CCC.CCC.COc1cccc(S(=O)(=O)N2CCC(OCCC(C)(C)NC(C)=O)CC2)c1C. The lowest BCUT2D eigenvalue weighted by molar-refractivity contribution is -0.120. The fourth-order valence-electron chi connectivity index (χ4n) is 3.49. The van der Waals surface area contributed by atoms with Crippen LogP contribution in [0.25, 0.3) is 0 Å². The van der Waals surface area contributed by atoms with E-state index in [-0.39, 0.29) is 17.6 Å². The first-order chi connectivity index (χ1) is 16.9. The van der Waals surface area contributed by atoms with Gasteiger partial charge in [0.1, 0.15) is 5.75 Å². The summed E-state index contributed by atoms with van der Waals surface area (Å²) in [5, 5.41) is 2.90. The average Bonchev–Trinajstić information content (AvgIpc) is 2.81. The molecule has 0 aliphatic carbocycles. The van der Waals surface area contributed by atoms with Gasteiger partial charge in [-0.15, -0.1) is 0 Å². The summed E-state index contributed by atoms with van der Waals surface area (Å²) < 4.78 is 38.8. The number of benzene rings is 1. The third-order valence-corrected chi connectivity index (χ3v) is 7.11. The highest BCUT2D eigenvalue weighted by atomic mass is 32.2. The maximum absolute atomic E-state index is 13.0. The van der Waals surface area contributed by atoms with Gasteiger partial charge in [-0.05, 0) is 52.2 Å². The smallest absolute Gasteiger partial charge is 0.243 e. The molecule has 1 saturated heterocycles. The van der Waals surface area contributed by atoms with Crippen molar-refractivity contribution in [3.8, 4) is 5.75 Å². The van der Waals surface area contributed by atoms with E-state index in [9.17, 15) is 13.2 Å². The van der Waals surface area contributed by atoms with E-state index in [0.29, 0.717) is 55.2 Å². The highest BCUT2D eigenvalue weighted by molar-refractivity contribution is 7.89. The van der Waals surface area contributed by atoms with Crippen molar-refractivity contribution in [2.45, 2.75) is 118 Å². The van der Waals surface area contributed by atoms with Crippen LogP contribution < -0.4 is 10.1 Å². The molecule has 1 aliphatic rings. The van der Waals surface area contributed by atoms with Crippen molar-refractivity contribution in [1.82, 2.24) is 9.62 Å². The first kappa shape index (κ1) is 36.5. The minimum absolute atomic E-state index is 0.0333. The van der Waals surface area contributed by atoms with E-state index in [0.717, 1.165) is 0 Å². The number of piperidine rings is 1. The molecule has 0 atom stereocenters. The number of ether oxygens (including phenoxy) is 2. The molecule has 0 saturated carbocycles. The number of rotatable bonds is 8. The van der Waals surface area contributed by atoms with Crippen molar-refractivity contribution < 1.29 is 22.7 Å². The maximum Gasteiger partial charge on any atom is 0.243 e. The van der Waals surface area contributed by atoms with Gasteiger partial charge in [0.15, 0.2) is 0 Å². The number of hydrogen-bond donors (Lipinski definition) is 1. The molecule has 0 bridgehead atoms. The van der Waals surface area contributed by atoms with Gasteiger partial charge in [-0.2, -0.15) is 4.31 Å². The number of nitrogens with one attached hydrogen (secondary N) is 1. The molecule has 1 heterocycles. The summed E-state index contributed by atoms with van der Waals surface area (Å²) in [5.74, 6) is 0.512. The second-order valence-electron chi connectivity index (χ2n) is 9.29. The summed E-state index contributed by atoms with van der Waals surface area (Å²) in [7, 11) is -2.02.